The molecule has 0 fully saturated rings. The summed E-state index contributed by atoms with van der Waals surface area (Å²) in [4.78, 5) is 16.2. The van der Waals surface area contributed by atoms with Crippen LogP contribution in [0.4, 0.5) is 0 Å². The summed E-state index contributed by atoms with van der Waals surface area (Å²) in [5, 5.41) is 2.13. The second kappa shape index (κ2) is 4.57. The zero-order valence-electron chi connectivity index (χ0n) is 12.2. The fourth-order valence-electron chi connectivity index (χ4n) is 3.78. The van der Waals surface area contributed by atoms with Gasteiger partial charge in [0.1, 0.15) is 0 Å². The summed E-state index contributed by atoms with van der Waals surface area (Å²) in [6, 6.07) is 10.4. The third-order valence-corrected chi connectivity index (χ3v) is 5.74. The predicted octanol–water partition coefficient (Wildman–Crippen LogP) is 4.50. The van der Waals surface area contributed by atoms with Crippen molar-refractivity contribution >= 4 is 22.8 Å². The Labute approximate surface area is 128 Å². The lowest BCUT2D eigenvalue weighted by molar-refractivity contribution is 0.0687. The maximum absolute atomic E-state index is 12.8. The minimum Gasteiger partial charge on any atom is -0.327 e. The Hall–Kier alpha value is -1.87. The fraction of sp³-hybridized carbons (Fsp3) is 0.278. The van der Waals surface area contributed by atoms with E-state index in [0.29, 0.717) is 5.92 Å². The van der Waals surface area contributed by atoms with Crippen molar-refractivity contribution in [3.8, 4) is 0 Å². The number of benzene rings is 1. The maximum atomic E-state index is 12.8. The summed E-state index contributed by atoms with van der Waals surface area (Å²) in [6.45, 7) is 5.07. The smallest absolute Gasteiger partial charge is 0.255 e. The number of rotatable bonds is 0. The number of hydrogen-bond acceptors (Lipinski definition) is 2. The Morgan fingerprint density at radius 2 is 2.10 bits per heavy atom. The van der Waals surface area contributed by atoms with Crippen molar-refractivity contribution in [2.75, 3.05) is 0 Å². The van der Waals surface area contributed by atoms with Crippen molar-refractivity contribution in [1.29, 1.82) is 0 Å². The number of fused-ring (bicyclic) bond motifs is 4. The lowest BCUT2D eigenvalue weighted by atomic mass is 9.88. The fourth-order valence-corrected chi connectivity index (χ4v) is 4.87. The van der Waals surface area contributed by atoms with Crippen LogP contribution in [0.3, 0.4) is 0 Å². The Morgan fingerprint density at radius 1 is 1.29 bits per heavy atom. The largest absolute Gasteiger partial charge is 0.327 e. The lowest BCUT2D eigenvalue weighted by Crippen LogP contribution is -2.29. The van der Waals surface area contributed by atoms with Gasteiger partial charge in [0.05, 0.1) is 6.04 Å². The number of carbonyl (C=O) groups excluding carboxylic acids is 1. The Balaban J connectivity index is 1.92. The van der Waals surface area contributed by atoms with E-state index in [-0.39, 0.29) is 11.9 Å². The van der Waals surface area contributed by atoms with Gasteiger partial charge in [-0.1, -0.05) is 31.2 Å². The van der Waals surface area contributed by atoms with E-state index >= 15 is 0 Å². The molecule has 0 bridgehead atoms. The Kier molecular flexibility index (Phi) is 2.79. The third kappa shape index (κ3) is 1.67. The molecule has 3 heteroatoms. The van der Waals surface area contributed by atoms with E-state index in [0.717, 1.165) is 12.1 Å². The van der Waals surface area contributed by atoms with E-state index in [9.17, 15) is 4.79 Å². The van der Waals surface area contributed by atoms with Crippen LogP contribution in [0.5, 0.6) is 0 Å². The summed E-state index contributed by atoms with van der Waals surface area (Å²) >= 11 is 1.79. The SMILES string of the molecule is C/C=C1/c2sccc2CN2C(=O)c3ccccc3[C@H]2[C@H]1C. The molecule has 0 radical (unpaired) electrons. The zero-order valence-corrected chi connectivity index (χ0v) is 13.0. The highest BCUT2D eigenvalue weighted by Gasteiger charge is 2.43. The van der Waals surface area contributed by atoms with Crippen LogP contribution >= 0.6 is 11.3 Å². The lowest BCUT2D eigenvalue weighted by Gasteiger charge is -2.28. The molecule has 2 aromatic rings. The van der Waals surface area contributed by atoms with Crippen molar-refractivity contribution in [2.24, 2.45) is 5.92 Å². The summed E-state index contributed by atoms with van der Waals surface area (Å²) in [7, 11) is 0. The van der Waals surface area contributed by atoms with E-state index < -0.39 is 0 Å². The molecule has 106 valence electrons. The van der Waals surface area contributed by atoms with Gasteiger partial charge in [-0.2, -0.15) is 0 Å². The quantitative estimate of drug-likeness (QED) is 0.701. The topological polar surface area (TPSA) is 20.3 Å². The molecule has 0 aliphatic carbocycles. The molecule has 2 atom stereocenters. The number of carbonyl (C=O) groups is 1. The summed E-state index contributed by atoms with van der Waals surface area (Å²) < 4.78 is 0. The minimum atomic E-state index is 0.166. The molecular weight excluding hydrogens is 278 g/mol. The zero-order chi connectivity index (χ0) is 14.6. The van der Waals surface area contributed by atoms with Crippen LogP contribution < -0.4 is 0 Å². The molecule has 0 spiro atoms. The van der Waals surface area contributed by atoms with Gasteiger partial charge in [0, 0.05) is 22.9 Å². The summed E-state index contributed by atoms with van der Waals surface area (Å²) in [5.74, 6) is 0.499. The Morgan fingerprint density at radius 3 is 2.90 bits per heavy atom. The summed E-state index contributed by atoms with van der Waals surface area (Å²) in [5.41, 5.74) is 4.72. The second-order valence-corrected chi connectivity index (χ2v) is 6.69. The first-order valence-corrected chi connectivity index (χ1v) is 8.23. The number of allylic oxidation sites excluding steroid dienone is 1. The molecule has 2 aliphatic heterocycles. The molecule has 2 nitrogen and oxygen atoms in total. The van der Waals surface area contributed by atoms with Crippen molar-refractivity contribution < 1.29 is 4.79 Å². The van der Waals surface area contributed by atoms with E-state index in [2.05, 4.69) is 42.3 Å². The summed E-state index contributed by atoms with van der Waals surface area (Å²) in [6.07, 6.45) is 2.22. The van der Waals surface area contributed by atoms with Crippen LogP contribution in [-0.2, 0) is 6.54 Å². The average Bonchev–Trinajstić information content (AvgIpc) is 3.02. The van der Waals surface area contributed by atoms with Gasteiger partial charge in [0.2, 0.25) is 0 Å². The first-order valence-electron chi connectivity index (χ1n) is 7.35. The number of nitrogens with zero attached hydrogens (tertiary/aromatic N) is 1. The normalized spacial score (nSPS) is 25.5. The van der Waals surface area contributed by atoms with Crippen molar-refractivity contribution in [2.45, 2.75) is 26.4 Å². The first kappa shape index (κ1) is 12.8. The van der Waals surface area contributed by atoms with Gasteiger partial charge >= 0.3 is 0 Å². The molecule has 0 unspecified atom stereocenters. The van der Waals surface area contributed by atoms with Crippen LogP contribution in [0.2, 0.25) is 0 Å². The van der Waals surface area contributed by atoms with Gasteiger partial charge in [0.15, 0.2) is 0 Å². The van der Waals surface area contributed by atoms with Gasteiger partial charge in [0.25, 0.3) is 5.91 Å². The van der Waals surface area contributed by atoms with E-state index in [1.54, 1.807) is 11.3 Å². The molecule has 0 N–H and O–H groups in total. The van der Waals surface area contributed by atoms with E-state index in [4.69, 9.17) is 0 Å². The molecule has 0 saturated carbocycles. The number of hydrogen-bond donors (Lipinski definition) is 0. The van der Waals surface area contributed by atoms with Crippen molar-refractivity contribution in [1.82, 2.24) is 4.90 Å². The highest BCUT2D eigenvalue weighted by molar-refractivity contribution is 7.11. The highest BCUT2D eigenvalue weighted by atomic mass is 32.1. The molecule has 21 heavy (non-hydrogen) atoms. The van der Waals surface area contributed by atoms with Crippen LogP contribution in [0.25, 0.3) is 5.57 Å². The van der Waals surface area contributed by atoms with Crippen molar-refractivity contribution in [3.05, 3.63) is 63.4 Å². The van der Waals surface area contributed by atoms with Crippen LogP contribution in [0.15, 0.2) is 41.8 Å². The van der Waals surface area contributed by atoms with Gasteiger partial charge in [-0.25, -0.2) is 0 Å². The number of amides is 1. The van der Waals surface area contributed by atoms with E-state index in [1.807, 2.05) is 18.2 Å². The minimum absolute atomic E-state index is 0.166. The van der Waals surface area contributed by atoms with Crippen molar-refractivity contribution in [3.63, 3.8) is 0 Å². The van der Waals surface area contributed by atoms with Crippen LogP contribution in [-0.4, -0.2) is 10.8 Å². The predicted molar refractivity (Wildman–Crippen MR) is 86.2 cm³/mol. The first-order chi connectivity index (χ1) is 10.2. The van der Waals surface area contributed by atoms with Gasteiger partial charge in [-0.05, 0) is 41.1 Å². The molecule has 1 amide bonds. The monoisotopic (exact) mass is 295 g/mol. The van der Waals surface area contributed by atoms with Crippen LogP contribution in [0, 0.1) is 5.92 Å². The van der Waals surface area contributed by atoms with Gasteiger partial charge in [-0.15, -0.1) is 11.3 Å². The highest BCUT2D eigenvalue weighted by Crippen LogP contribution is 2.48. The second-order valence-electron chi connectivity index (χ2n) is 5.77. The van der Waals surface area contributed by atoms with Gasteiger partial charge < -0.3 is 4.90 Å². The van der Waals surface area contributed by atoms with E-state index in [1.165, 1.54) is 21.6 Å². The molecule has 3 heterocycles. The molecule has 0 saturated heterocycles. The molecule has 2 aliphatic rings. The molecule has 4 rings (SSSR count). The maximum Gasteiger partial charge on any atom is 0.255 e. The molecule has 1 aromatic carbocycles. The third-order valence-electron chi connectivity index (χ3n) is 4.73. The molecule has 1 aromatic heterocycles. The average molecular weight is 295 g/mol. The van der Waals surface area contributed by atoms with Crippen LogP contribution in [0.1, 0.15) is 46.3 Å². The molecular formula is C18H17NOS. The number of thiophene rings is 1. The van der Waals surface area contributed by atoms with Gasteiger partial charge in [-0.3, -0.25) is 4.79 Å². The Bertz CT molecular complexity index is 758. The standard InChI is InChI=1S/C18H17NOS/c1-3-13-11(2)16-14-6-4-5-7-15(14)18(20)19(16)10-12-8-9-21-17(12)13/h3-9,11,16H,10H2,1-2H3/b13-3+/t11-,16+/m0/s1.